The minimum atomic E-state index is -0.213. The molecule has 0 radical (unpaired) electrons. The van der Waals surface area contributed by atoms with Gasteiger partial charge < -0.3 is 9.47 Å². The molecule has 11 heavy (non-hydrogen) atoms. The Hall–Kier alpha value is -0.340. The Morgan fingerprint density at radius 2 is 1.64 bits per heavy atom. The van der Waals surface area contributed by atoms with E-state index >= 15 is 0 Å². The van der Waals surface area contributed by atoms with Crippen molar-refractivity contribution in [2.75, 3.05) is 13.2 Å². The Morgan fingerprint density at radius 3 is 1.91 bits per heavy atom. The van der Waals surface area contributed by atoms with Crippen LogP contribution in [0.2, 0.25) is 0 Å². The second-order valence-electron chi connectivity index (χ2n) is 2.35. The zero-order valence-electron chi connectivity index (χ0n) is 7.51. The van der Waals surface area contributed by atoms with Crippen LogP contribution >= 0.6 is 0 Å². The normalized spacial score (nSPS) is 10.5. The highest BCUT2D eigenvalue weighted by atomic mass is 16.7. The van der Waals surface area contributed by atoms with E-state index in [0.717, 1.165) is 26.1 Å². The van der Waals surface area contributed by atoms with Crippen LogP contribution in [0.5, 0.6) is 0 Å². The van der Waals surface area contributed by atoms with Gasteiger partial charge in [-0.3, -0.25) is 0 Å². The third kappa shape index (κ3) is 6.07. The Balaban J connectivity index is 3.33. The molecule has 2 heteroatoms. The number of rotatable bonds is 7. The van der Waals surface area contributed by atoms with Crippen molar-refractivity contribution < 1.29 is 9.47 Å². The van der Waals surface area contributed by atoms with Gasteiger partial charge in [-0.15, -0.1) is 0 Å². The molecule has 0 saturated carbocycles. The predicted octanol–water partition coefficient (Wildman–Crippen LogP) is 2.35. The van der Waals surface area contributed by atoms with Crippen LogP contribution in [0.25, 0.3) is 0 Å². The number of hydrogen-bond donors (Lipinski definition) is 0. The monoisotopic (exact) mass is 158 g/mol. The predicted molar refractivity (Wildman–Crippen MR) is 46.5 cm³/mol. The fourth-order valence-corrected chi connectivity index (χ4v) is 0.652. The first-order valence-corrected chi connectivity index (χ1v) is 4.20. The van der Waals surface area contributed by atoms with E-state index in [1.165, 1.54) is 0 Å². The van der Waals surface area contributed by atoms with Crippen molar-refractivity contribution in [2.45, 2.75) is 33.0 Å². The van der Waals surface area contributed by atoms with E-state index in [1.807, 2.05) is 0 Å². The van der Waals surface area contributed by atoms with Gasteiger partial charge in [0.05, 0.1) is 0 Å². The first kappa shape index (κ1) is 10.7. The molecule has 0 unspecified atom stereocenters. The molecule has 0 aromatic rings. The summed E-state index contributed by atoms with van der Waals surface area (Å²) >= 11 is 0. The smallest absolute Gasteiger partial charge is 0.176 e. The van der Waals surface area contributed by atoms with Gasteiger partial charge in [-0.2, -0.15) is 0 Å². The quantitative estimate of drug-likeness (QED) is 0.418. The average Bonchev–Trinajstić information content (AvgIpc) is 2.05. The van der Waals surface area contributed by atoms with Gasteiger partial charge in [0, 0.05) is 13.2 Å². The zero-order valence-corrected chi connectivity index (χ0v) is 7.51. The molecule has 0 amide bonds. The molecule has 0 fully saturated rings. The molecule has 0 N–H and O–H groups in total. The van der Waals surface area contributed by atoms with Crippen molar-refractivity contribution in [3.63, 3.8) is 0 Å². The van der Waals surface area contributed by atoms with Crippen LogP contribution in [0.4, 0.5) is 0 Å². The molecule has 2 nitrogen and oxygen atoms in total. The minimum absolute atomic E-state index is 0.213. The molecule has 0 aliphatic rings. The maximum absolute atomic E-state index is 5.30. The van der Waals surface area contributed by atoms with Crippen LogP contribution in [-0.2, 0) is 9.47 Å². The van der Waals surface area contributed by atoms with E-state index in [-0.39, 0.29) is 6.29 Å². The summed E-state index contributed by atoms with van der Waals surface area (Å²) in [6.45, 7) is 9.23. The summed E-state index contributed by atoms with van der Waals surface area (Å²) in [6, 6.07) is 0. The highest BCUT2D eigenvalue weighted by Crippen LogP contribution is 1.97. The van der Waals surface area contributed by atoms with Gasteiger partial charge in [0.2, 0.25) is 0 Å². The fourth-order valence-electron chi connectivity index (χ4n) is 0.652. The SMILES string of the molecule is C=CC(OCCC)OCCC. The zero-order chi connectivity index (χ0) is 8.53. The third-order valence-corrected chi connectivity index (χ3v) is 1.16. The van der Waals surface area contributed by atoms with Gasteiger partial charge in [-0.1, -0.05) is 20.4 Å². The van der Waals surface area contributed by atoms with E-state index in [4.69, 9.17) is 9.47 Å². The molecule has 0 aromatic heterocycles. The molecule has 0 heterocycles. The maximum atomic E-state index is 5.30. The maximum Gasteiger partial charge on any atom is 0.176 e. The van der Waals surface area contributed by atoms with Crippen molar-refractivity contribution in [3.8, 4) is 0 Å². The molecule has 0 saturated heterocycles. The molecular weight excluding hydrogens is 140 g/mol. The minimum Gasteiger partial charge on any atom is -0.349 e. The highest BCUT2D eigenvalue weighted by molar-refractivity contribution is 4.71. The molecule has 0 aliphatic heterocycles. The van der Waals surface area contributed by atoms with Crippen LogP contribution in [0.15, 0.2) is 12.7 Å². The molecule has 0 rings (SSSR count). The van der Waals surface area contributed by atoms with Crippen molar-refractivity contribution in [1.29, 1.82) is 0 Å². The second kappa shape index (κ2) is 7.76. The van der Waals surface area contributed by atoms with Crippen molar-refractivity contribution in [1.82, 2.24) is 0 Å². The van der Waals surface area contributed by atoms with Crippen LogP contribution < -0.4 is 0 Å². The standard InChI is InChI=1S/C9H18O2/c1-4-7-10-9(6-3)11-8-5-2/h6,9H,3-5,7-8H2,1-2H3. The van der Waals surface area contributed by atoms with Gasteiger partial charge in [0.15, 0.2) is 6.29 Å². The molecule has 0 atom stereocenters. The van der Waals surface area contributed by atoms with Gasteiger partial charge in [-0.25, -0.2) is 0 Å². The van der Waals surface area contributed by atoms with Crippen molar-refractivity contribution in [3.05, 3.63) is 12.7 Å². The van der Waals surface area contributed by atoms with Crippen LogP contribution in [-0.4, -0.2) is 19.5 Å². The van der Waals surface area contributed by atoms with E-state index < -0.39 is 0 Å². The van der Waals surface area contributed by atoms with Crippen molar-refractivity contribution in [2.24, 2.45) is 0 Å². The molecule has 0 aromatic carbocycles. The van der Waals surface area contributed by atoms with Gasteiger partial charge in [-0.05, 0) is 18.9 Å². The first-order valence-electron chi connectivity index (χ1n) is 4.20. The van der Waals surface area contributed by atoms with E-state index in [2.05, 4.69) is 20.4 Å². The van der Waals surface area contributed by atoms with Gasteiger partial charge in [0.25, 0.3) is 0 Å². The lowest BCUT2D eigenvalue weighted by Gasteiger charge is -2.13. The Kier molecular flexibility index (Phi) is 7.52. The Labute approximate surface area is 69.2 Å². The number of ether oxygens (including phenoxy) is 2. The highest BCUT2D eigenvalue weighted by Gasteiger charge is 2.00. The average molecular weight is 158 g/mol. The van der Waals surface area contributed by atoms with E-state index in [9.17, 15) is 0 Å². The summed E-state index contributed by atoms with van der Waals surface area (Å²) in [5.41, 5.74) is 0. The Bertz CT molecular complexity index is 83.6. The summed E-state index contributed by atoms with van der Waals surface area (Å²) in [5, 5.41) is 0. The summed E-state index contributed by atoms with van der Waals surface area (Å²) in [4.78, 5) is 0. The summed E-state index contributed by atoms with van der Waals surface area (Å²) in [6.07, 6.45) is 3.50. The topological polar surface area (TPSA) is 18.5 Å². The van der Waals surface area contributed by atoms with Gasteiger partial charge >= 0.3 is 0 Å². The Morgan fingerprint density at radius 1 is 1.18 bits per heavy atom. The lowest BCUT2D eigenvalue weighted by molar-refractivity contribution is -0.110. The molecule has 0 aliphatic carbocycles. The fraction of sp³-hybridized carbons (Fsp3) is 0.778. The summed E-state index contributed by atoms with van der Waals surface area (Å²) in [5.74, 6) is 0. The number of hydrogen-bond acceptors (Lipinski definition) is 2. The molecule has 0 bridgehead atoms. The summed E-state index contributed by atoms with van der Waals surface area (Å²) < 4.78 is 10.6. The van der Waals surface area contributed by atoms with E-state index in [1.54, 1.807) is 6.08 Å². The van der Waals surface area contributed by atoms with Crippen LogP contribution in [0.1, 0.15) is 26.7 Å². The van der Waals surface area contributed by atoms with E-state index in [0.29, 0.717) is 0 Å². The lowest BCUT2D eigenvalue weighted by Crippen LogP contribution is -2.15. The van der Waals surface area contributed by atoms with Crippen LogP contribution in [0.3, 0.4) is 0 Å². The largest absolute Gasteiger partial charge is 0.349 e. The van der Waals surface area contributed by atoms with Crippen molar-refractivity contribution >= 4 is 0 Å². The summed E-state index contributed by atoms with van der Waals surface area (Å²) in [7, 11) is 0. The van der Waals surface area contributed by atoms with Gasteiger partial charge in [0.1, 0.15) is 0 Å². The second-order valence-corrected chi connectivity index (χ2v) is 2.35. The first-order chi connectivity index (χ1) is 5.35. The van der Waals surface area contributed by atoms with Crippen LogP contribution in [0, 0.1) is 0 Å². The third-order valence-electron chi connectivity index (χ3n) is 1.16. The lowest BCUT2D eigenvalue weighted by atomic mass is 10.5. The molecule has 66 valence electrons. The molecule has 0 spiro atoms. The molecular formula is C9H18O2.